The maximum Gasteiger partial charge on any atom is 0.408 e. The highest BCUT2D eigenvalue weighted by molar-refractivity contribution is 6.12. The third-order valence-electron chi connectivity index (χ3n) is 5.90. The highest BCUT2D eigenvalue weighted by Gasteiger charge is 2.47. The molecule has 0 spiro atoms. The zero-order valence-corrected chi connectivity index (χ0v) is 21.2. The predicted molar refractivity (Wildman–Crippen MR) is 132 cm³/mol. The molecular weight excluding hydrogens is 469 g/mol. The first-order valence-corrected chi connectivity index (χ1v) is 11.5. The average Bonchev–Trinajstić information content (AvgIpc) is 3.25. The number of aromatic nitrogens is 4. The van der Waals surface area contributed by atoms with Crippen LogP contribution in [0, 0.1) is 6.92 Å². The second-order valence-electron chi connectivity index (χ2n) is 10.6. The third-order valence-corrected chi connectivity index (χ3v) is 5.90. The van der Waals surface area contributed by atoms with Crippen molar-refractivity contribution in [2.24, 2.45) is 0 Å². The average molecular weight is 499 g/mol. The fraction of sp³-hybridized carbons (Fsp3) is 0.385. The summed E-state index contributed by atoms with van der Waals surface area (Å²) < 4.78 is 39.3. The number of fused-ring (bicyclic) bond motifs is 1. The molecule has 3 aromatic rings. The second-order valence-corrected chi connectivity index (χ2v) is 10.6. The first-order chi connectivity index (χ1) is 16.6. The van der Waals surface area contributed by atoms with Gasteiger partial charge in [-0.05, 0) is 59.2 Å². The number of amides is 1. The van der Waals surface area contributed by atoms with Crippen LogP contribution in [0.5, 0.6) is 0 Å². The van der Waals surface area contributed by atoms with Crippen LogP contribution in [0.4, 0.5) is 18.9 Å². The van der Waals surface area contributed by atoms with E-state index in [-0.39, 0.29) is 17.1 Å². The van der Waals surface area contributed by atoms with Gasteiger partial charge < -0.3 is 5.32 Å². The molecular formula is C26H29F3N6O. The molecule has 0 aliphatic carbocycles. The minimum atomic E-state index is -4.42. The Labute approximate surface area is 208 Å². The molecule has 1 aliphatic heterocycles. The molecule has 0 fully saturated rings. The Morgan fingerprint density at radius 3 is 2.47 bits per heavy atom. The van der Waals surface area contributed by atoms with E-state index in [0.717, 1.165) is 27.1 Å². The lowest BCUT2D eigenvalue weighted by atomic mass is 9.96. The molecule has 190 valence electrons. The van der Waals surface area contributed by atoms with Crippen molar-refractivity contribution in [3.8, 4) is 11.3 Å². The van der Waals surface area contributed by atoms with E-state index in [4.69, 9.17) is 4.98 Å². The molecule has 0 unspecified atom stereocenters. The van der Waals surface area contributed by atoms with E-state index in [1.54, 1.807) is 12.4 Å². The van der Waals surface area contributed by atoms with Crippen LogP contribution in [0.2, 0.25) is 0 Å². The zero-order chi connectivity index (χ0) is 26.6. The van der Waals surface area contributed by atoms with E-state index in [0.29, 0.717) is 17.0 Å². The van der Waals surface area contributed by atoms with Crippen molar-refractivity contribution in [1.29, 1.82) is 0 Å². The number of carbonyl (C=O) groups is 1. The number of hydrogen-bond donors (Lipinski definition) is 1. The normalized spacial score (nSPS) is 15.2. The Morgan fingerprint density at radius 1 is 1.14 bits per heavy atom. The molecule has 1 amide bonds. The van der Waals surface area contributed by atoms with Gasteiger partial charge in [-0.2, -0.15) is 18.3 Å². The fourth-order valence-corrected chi connectivity index (χ4v) is 4.45. The number of hydrogen-bond acceptors (Lipinski definition) is 5. The van der Waals surface area contributed by atoms with E-state index >= 15 is 0 Å². The van der Waals surface area contributed by atoms with Crippen molar-refractivity contribution in [2.75, 3.05) is 4.90 Å². The van der Waals surface area contributed by atoms with Gasteiger partial charge in [-0.15, -0.1) is 0 Å². The molecule has 0 radical (unpaired) electrons. The summed E-state index contributed by atoms with van der Waals surface area (Å²) >= 11 is 0. The summed E-state index contributed by atoms with van der Waals surface area (Å²) in [7, 11) is 0. The van der Waals surface area contributed by atoms with Gasteiger partial charge in [0.1, 0.15) is 6.54 Å². The summed E-state index contributed by atoms with van der Waals surface area (Å²) in [6.07, 6.45) is 1.51. The van der Waals surface area contributed by atoms with E-state index in [1.807, 2.05) is 53.7 Å². The van der Waals surface area contributed by atoms with Gasteiger partial charge in [-0.25, -0.2) is 4.98 Å². The monoisotopic (exact) mass is 498 g/mol. The van der Waals surface area contributed by atoms with E-state index < -0.39 is 18.3 Å². The molecule has 36 heavy (non-hydrogen) atoms. The van der Waals surface area contributed by atoms with Crippen LogP contribution < -0.4 is 10.2 Å². The van der Waals surface area contributed by atoms with E-state index in [2.05, 4.69) is 22.0 Å². The minimum absolute atomic E-state index is 0.169. The maximum absolute atomic E-state index is 13.4. The Hall–Kier alpha value is -3.69. The largest absolute Gasteiger partial charge is 0.408 e. The van der Waals surface area contributed by atoms with Crippen LogP contribution in [-0.4, -0.2) is 37.4 Å². The van der Waals surface area contributed by atoms with Crippen molar-refractivity contribution in [3.05, 3.63) is 65.9 Å². The van der Waals surface area contributed by atoms with Crippen LogP contribution in [0.25, 0.3) is 17.0 Å². The SMILES string of the molecule is C=C(NC(C)(C)C)c1cncc(-c2cc(C)c3c(n2)C(C)(C)N(c2cnn(CC(F)(F)F)c2)C3=O)c1. The zero-order valence-electron chi connectivity index (χ0n) is 21.2. The molecule has 10 heteroatoms. The quantitative estimate of drug-likeness (QED) is 0.505. The first-order valence-electron chi connectivity index (χ1n) is 11.5. The summed E-state index contributed by atoms with van der Waals surface area (Å²) in [5, 5.41) is 7.15. The van der Waals surface area contributed by atoms with Crippen LogP contribution in [0.3, 0.4) is 0 Å². The Kier molecular flexibility index (Phi) is 5.97. The summed E-state index contributed by atoms with van der Waals surface area (Å²) in [5.74, 6) is -0.326. The Morgan fingerprint density at radius 2 is 1.83 bits per heavy atom. The molecule has 1 aliphatic rings. The van der Waals surface area contributed by atoms with Crippen LogP contribution >= 0.6 is 0 Å². The molecule has 0 saturated carbocycles. The summed E-state index contributed by atoms with van der Waals surface area (Å²) in [6, 6.07) is 3.76. The van der Waals surface area contributed by atoms with Crippen LogP contribution in [0.1, 0.15) is 61.8 Å². The van der Waals surface area contributed by atoms with Gasteiger partial charge in [0.05, 0.1) is 34.4 Å². The van der Waals surface area contributed by atoms with Gasteiger partial charge in [0.2, 0.25) is 0 Å². The summed E-state index contributed by atoms with van der Waals surface area (Å²) in [4.78, 5) is 24.1. The van der Waals surface area contributed by atoms with E-state index in [9.17, 15) is 18.0 Å². The highest BCUT2D eigenvalue weighted by atomic mass is 19.4. The predicted octanol–water partition coefficient (Wildman–Crippen LogP) is 5.47. The van der Waals surface area contributed by atoms with Gasteiger partial charge in [0.25, 0.3) is 5.91 Å². The van der Waals surface area contributed by atoms with Gasteiger partial charge in [0, 0.05) is 41.0 Å². The standard InChI is InChI=1S/C26H29F3N6O/c1-15-8-20(18-9-17(10-30-11-18)16(2)33-24(3,4)5)32-22-21(15)23(36)35(25(22,6)7)19-12-31-34(13-19)14-26(27,28)29/h8-13,33H,2,14H2,1,3-7H3. The number of nitrogens with one attached hydrogen (secondary N) is 1. The lowest BCUT2D eigenvalue weighted by molar-refractivity contribution is -0.142. The number of rotatable bonds is 5. The maximum atomic E-state index is 13.4. The number of carbonyl (C=O) groups excluding carboxylic acids is 1. The number of pyridine rings is 2. The third kappa shape index (κ3) is 4.84. The minimum Gasteiger partial charge on any atom is -0.380 e. The van der Waals surface area contributed by atoms with Crippen LogP contribution in [-0.2, 0) is 12.1 Å². The molecule has 1 N–H and O–H groups in total. The Bertz CT molecular complexity index is 1350. The van der Waals surface area contributed by atoms with Gasteiger partial charge in [-0.3, -0.25) is 19.4 Å². The fourth-order valence-electron chi connectivity index (χ4n) is 4.45. The van der Waals surface area contributed by atoms with Gasteiger partial charge in [-0.1, -0.05) is 6.58 Å². The molecule has 3 aromatic heterocycles. The molecule has 0 atom stereocenters. The van der Waals surface area contributed by atoms with Gasteiger partial charge in [0.15, 0.2) is 0 Å². The topological polar surface area (TPSA) is 75.9 Å². The van der Waals surface area contributed by atoms with Crippen molar-refractivity contribution < 1.29 is 18.0 Å². The number of aryl methyl sites for hydroxylation is 1. The lowest BCUT2D eigenvalue weighted by Crippen LogP contribution is -2.39. The highest BCUT2D eigenvalue weighted by Crippen LogP contribution is 2.43. The molecule has 4 heterocycles. The number of anilines is 1. The number of alkyl halides is 3. The summed E-state index contributed by atoms with van der Waals surface area (Å²) in [5.41, 5.74) is 3.84. The van der Waals surface area contributed by atoms with Crippen molar-refractivity contribution in [1.82, 2.24) is 25.1 Å². The molecule has 0 aromatic carbocycles. The molecule has 0 saturated heterocycles. The van der Waals surface area contributed by atoms with Crippen molar-refractivity contribution in [3.63, 3.8) is 0 Å². The lowest BCUT2D eigenvalue weighted by Gasteiger charge is -2.30. The van der Waals surface area contributed by atoms with E-state index in [1.165, 1.54) is 17.3 Å². The van der Waals surface area contributed by atoms with Gasteiger partial charge >= 0.3 is 6.18 Å². The molecule has 0 bridgehead atoms. The molecule has 4 rings (SSSR count). The second kappa shape index (κ2) is 8.46. The van der Waals surface area contributed by atoms with Crippen LogP contribution in [0.15, 0.2) is 43.5 Å². The van der Waals surface area contributed by atoms with Crippen molar-refractivity contribution >= 4 is 17.3 Å². The molecule has 7 nitrogen and oxygen atoms in total. The summed E-state index contributed by atoms with van der Waals surface area (Å²) in [6.45, 7) is 14.5. The smallest absolute Gasteiger partial charge is 0.380 e. The number of halogens is 3. The first kappa shape index (κ1) is 25.4. The number of nitrogens with zero attached hydrogens (tertiary/aromatic N) is 5. The van der Waals surface area contributed by atoms with Crippen molar-refractivity contribution in [2.45, 2.75) is 65.3 Å². The Balaban J connectivity index is 1.72.